The minimum absolute atomic E-state index is 0.0124. The van der Waals surface area contributed by atoms with Crippen molar-refractivity contribution < 1.29 is 4.74 Å². The Morgan fingerprint density at radius 3 is 2.11 bits per heavy atom. The molecule has 0 saturated heterocycles. The summed E-state index contributed by atoms with van der Waals surface area (Å²) in [5, 5.41) is 9.70. The fourth-order valence-electron chi connectivity index (χ4n) is 5.25. The molecule has 0 aliphatic heterocycles. The summed E-state index contributed by atoms with van der Waals surface area (Å²) in [7, 11) is 0. The number of hydrogen-bond donors (Lipinski definition) is 0. The summed E-state index contributed by atoms with van der Waals surface area (Å²) in [6, 6.07) is 2.69. The summed E-state index contributed by atoms with van der Waals surface area (Å²) in [5.74, 6) is 1.67. The molecule has 2 heteroatoms. The Morgan fingerprint density at radius 1 is 0.815 bits per heavy atom. The van der Waals surface area contributed by atoms with E-state index in [0.717, 1.165) is 31.8 Å². The molecular weight excluding hydrogens is 330 g/mol. The molecule has 0 amide bonds. The van der Waals surface area contributed by atoms with Crippen molar-refractivity contribution in [2.24, 2.45) is 17.3 Å². The number of ether oxygens (including phenoxy) is 1. The van der Waals surface area contributed by atoms with Gasteiger partial charge >= 0.3 is 0 Å². The van der Waals surface area contributed by atoms with E-state index < -0.39 is 0 Å². The molecule has 0 atom stereocenters. The van der Waals surface area contributed by atoms with Crippen LogP contribution < -0.4 is 0 Å². The highest BCUT2D eigenvalue weighted by molar-refractivity contribution is 5.01. The first-order valence-corrected chi connectivity index (χ1v) is 12.2. The van der Waals surface area contributed by atoms with Gasteiger partial charge in [0.1, 0.15) is 0 Å². The van der Waals surface area contributed by atoms with E-state index in [1.807, 2.05) is 0 Å². The average Bonchev–Trinajstić information content (AvgIpc) is 2.72. The maximum atomic E-state index is 9.70. The Balaban J connectivity index is 1.57. The summed E-state index contributed by atoms with van der Waals surface area (Å²) < 4.78 is 6.33. The van der Waals surface area contributed by atoms with Gasteiger partial charge in [0.2, 0.25) is 0 Å². The van der Waals surface area contributed by atoms with Crippen molar-refractivity contribution in [2.75, 3.05) is 6.61 Å². The molecule has 2 nitrogen and oxygen atoms in total. The Labute approximate surface area is 169 Å². The predicted molar refractivity (Wildman–Crippen MR) is 115 cm³/mol. The second-order valence-corrected chi connectivity index (χ2v) is 9.62. The van der Waals surface area contributed by atoms with Gasteiger partial charge in [-0.1, -0.05) is 65.2 Å². The molecule has 2 saturated carbocycles. The van der Waals surface area contributed by atoms with Crippen LogP contribution in [0.2, 0.25) is 0 Å². The third-order valence-corrected chi connectivity index (χ3v) is 7.39. The first-order chi connectivity index (χ1) is 13.2. The van der Waals surface area contributed by atoms with E-state index in [-0.39, 0.29) is 5.41 Å². The van der Waals surface area contributed by atoms with E-state index in [4.69, 9.17) is 4.74 Å². The van der Waals surface area contributed by atoms with Crippen LogP contribution in [0.25, 0.3) is 0 Å². The van der Waals surface area contributed by atoms with Gasteiger partial charge in [-0.2, -0.15) is 5.26 Å². The second kappa shape index (κ2) is 12.8. The smallest absolute Gasteiger partial charge is 0.0689 e. The molecule has 2 aliphatic rings. The molecule has 0 unspecified atom stereocenters. The van der Waals surface area contributed by atoms with Gasteiger partial charge in [-0.15, -0.1) is 0 Å². The van der Waals surface area contributed by atoms with Gasteiger partial charge in [-0.3, -0.25) is 0 Å². The van der Waals surface area contributed by atoms with Gasteiger partial charge in [0.25, 0.3) is 0 Å². The molecule has 0 aromatic heterocycles. The van der Waals surface area contributed by atoms with Gasteiger partial charge in [-0.25, -0.2) is 0 Å². The van der Waals surface area contributed by atoms with Crippen molar-refractivity contribution in [3.05, 3.63) is 0 Å². The van der Waals surface area contributed by atoms with Crippen LogP contribution in [0.1, 0.15) is 123 Å². The Hall–Kier alpha value is -0.550. The summed E-state index contributed by atoms with van der Waals surface area (Å²) >= 11 is 0. The molecule has 2 rings (SSSR count). The fraction of sp³-hybridized carbons (Fsp3) is 0.960. The largest absolute Gasteiger partial charge is 0.378 e. The van der Waals surface area contributed by atoms with Crippen LogP contribution >= 0.6 is 0 Å². The molecule has 2 aliphatic carbocycles. The van der Waals surface area contributed by atoms with E-state index in [1.54, 1.807) is 0 Å². The topological polar surface area (TPSA) is 33.0 Å². The highest BCUT2D eigenvalue weighted by Crippen LogP contribution is 2.42. The Kier molecular flexibility index (Phi) is 10.8. The molecule has 0 aromatic carbocycles. The zero-order chi connectivity index (χ0) is 19.4. The molecular formula is C25H45NO. The zero-order valence-electron chi connectivity index (χ0n) is 18.3. The maximum Gasteiger partial charge on any atom is 0.0689 e. The first kappa shape index (κ1) is 22.7. The number of nitrogens with zero attached hydrogens (tertiary/aromatic N) is 1. The van der Waals surface area contributed by atoms with E-state index in [1.165, 1.54) is 89.9 Å². The standard InChI is InChI=1S/C25H45NO/c1-3-5-7-8-10-22-11-13-24(14-12-22)27-20-23-15-18-25(21-26,19-16-23)17-9-6-4-2/h22-24H,3-20H2,1-2H3. The van der Waals surface area contributed by atoms with Crippen LogP contribution in [-0.2, 0) is 4.74 Å². The summed E-state index contributed by atoms with van der Waals surface area (Å²) in [6.07, 6.45) is 22.4. The minimum atomic E-state index is -0.0124. The molecule has 2 fully saturated rings. The van der Waals surface area contributed by atoms with Crippen molar-refractivity contribution >= 4 is 0 Å². The molecule has 0 heterocycles. The highest BCUT2D eigenvalue weighted by Gasteiger charge is 2.35. The Morgan fingerprint density at radius 2 is 1.48 bits per heavy atom. The van der Waals surface area contributed by atoms with E-state index >= 15 is 0 Å². The van der Waals surface area contributed by atoms with E-state index in [0.29, 0.717) is 12.0 Å². The fourth-order valence-corrected chi connectivity index (χ4v) is 5.25. The molecule has 0 aromatic rings. The average molecular weight is 376 g/mol. The van der Waals surface area contributed by atoms with Crippen molar-refractivity contribution in [3.8, 4) is 6.07 Å². The molecule has 0 radical (unpaired) electrons. The molecule has 0 spiro atoms. The van der Waals surface area contributed by atoms with Crippen LogP contribution in [0.15, 0.2) is 0 Å². The third kappa shape index (κ3) is 8.15. The quantitative estimate of drug-likeness (QED) is 0.326. The maximum absolute atomic E-state index is 9.70. The van der Waals surface area contributed by atoms with Crippen molar-refractivity contribution in [3.63, 3.8) is 0 Å². The number of hydrogen-bond acceptors (Lipinski definition) is 2. The zero-order valence-corrected chi connectivity index (χ0v) is 18.3. The van der Waals surface area contributed by atoms with Crippen LogP contribution in [0, 0.1) is 28.6 Å². The highest BCUT2D eigenvalue weighted by atomic mass is 16.5. The number of rotatable bonds is 12. The van der Waals surface area contributed by atoms with E-state index in [2.05, 4.69) is 19.9 Å². The summed E-state index contributed by atoms with van der Waals surface area (Å²) in [4.78, 5) is 0. The van der Waals surface area contributed by atoms with Gasteiger partial charge in [-0.05, 0) is 69.6 Å². The lowest BCUT2D eigenvalue weighted by Gasteiger charge is -2.36. The number of unbranched alkanes of at least 4 members (excludes halogenated alkanes) is 5. The van der Waals surface area contributed by atoms with Crippen molar-refractivity contribution in [2.45, 2.75) is 129 Å². The third-order valence-electron chi connectivity index (χ3n) is 7.39. The summed E-state index contributed by atoms with van der Waals surface area (Å²) in [6.45, 7) is 5.48. The summed E-state index contributed by atoms with van der Waals surface area (Å²) in [5.41, 5.74) is -0.0124. The van der Waals surface area contributed by atoms with Gasteiger partial charge in [0.15, 0.2) is 0 Å². The first-order valence-electron chi connectivity index (χ1n) is 12.2. The van der Waals surface area contributed by atoms with Gasteiger partial charge in [0.05, 0.1) is 17.6 Å². The van der Waals surface area contributed by atoms with Crippen molar-refractivity contribution in [1.29, 1.82) is 5.26 Å². The van der Waals surface area contributed by atoms with Crippen LogP contribution in [0.4, 0.5) is 0 Å². The second-order valence-electron chi connectivity index (χ2n) is 9.62. The molecule has 0 bridgehead atoms. The van der Waals surface area contributed by atoms with Gasteiger partial charge < -0.3 is 4.74 Å². The number of nitriles is 1. The lowest BCUT2D eigenvalue weighted by atomic mass is 9.69. The van der Waals surface area contributed by atoms with Crippen LogP contribution in [0.3, 0.4) is 0 Å². The molecule has 27 heavy (non-hydrogen) atoms. The predicted octanol–water partition coefficient (Wildman–Crippen LogP) is 7.81. The molecule has 156 valence electrons. The van der Waals surface area contributed by atoms with Gasteiger partial charge in [0, 0.05) is 6.61 Å². The lowest BCUT2D eigenvalue weighted by Crippen LogP contribution is -2.30. The van der Waals surface area contributed by atoms with Crippen LogP contribution in [-0.4, -0.2) is 12.7 Å². The van der Waals surface area contributed by atoms with Crippen LogP contribution in [0.5, 0.6) is 0 Å². The normalized spacial score (nSPS) is 31.5. The minimum Gasteiger partial charge on any atom is -0.378 e. The Bertz CT molecular complexity index is 411. The SMILES string of the molecule is CCCCCCC1CCC(OCC2CCC(C#N)(CCCCC)CC2)CC1. The lowest BCUT2D eigenvalue weighted by molar-refractivity contribution is -0.0135. The van der Waals surface area contributed by atoms with E-state index in [9.17, 15) is 5.26 Å². The monoisotopic (exact) mass is 375 g/mol. The van der Waals surface area contributed by atoms with Crippen molar-refractivity contribution in [1.82, 2.24) is 0 Å². The molecule has 0 N–H and O–H groups in total.